The van der Waals surface area contributed by atoms with Crippen molar-refractivity contribution in [3.05, 3.63) is 29.3 Å². The number of hydrogen-bond donors (Lipinski definition) is 0. The van der Waals surface area contributed by atoms with E-state index in [9.17, 15) is 9.59 Å². The summed E-state index contributed by atoms with van der Waals surface area (Å²) in [6, 6.07) is 5.98. The van der Waals surface area contributed by atoms with Gasteiger partial charge in [0.05, 0.1) is 0 Å². The van der Waals surface area contributed by atoms with Gasteiger partial charge in [-0.15, -0.1) is 0 Å². The van der Waals surface area contributed by atoms with Crippen LogP contribution in [0, 0.1) is 0 Å². The summed E-state index contributed by atoms with van der Waals surface area (Å²) in [6.45, 7) is 1.30. The number of carbonyl (C=O) groups excluding carboxylic acids is 2. The Morgan fingerprint density at radius 2 is 1.88 bits per heavy atom. The van der Waals surface area contributed by atoms with E-state index in [1.165, 1.54) is 29.4 Å². The highest BCUT2D eigenvalue weighted by atomic mass is 16.2. The number of amides is 1. The molecule has 2 rings (SSSR count). The molecule has 0 aromatic heterocycles. The van der Waals surface area contributed by atoms with Crippen molar-refractivity contribution < 1.29 is 9.59 Å². The fraction of sp³-hybridized carbons (Fsp3) is 0.385. The molecule has 84 valence electrons. The molecule has 0 atom stereocenters. The molecule has 3 heteroatoms. The number of Topliss-reactive ketones (excluding diaryl/α,β-unsaturated/α-hetero) is 1. The van der Waals surface area contributed by atoms with Crippen molar-refractivity contribution in [2.75, 3.05) is 11.9 Å². The Morgan fingerprint density at radius 1 is 1.19 bits per heavy atom. The minimum absolute atomic E-state index is 0.428. The van der Waals surface area contributed by atoms with E-state index >= 15 is 0 Å². The third kappa shape index (κ3) is 1.85. The number of benzene rings is 1. The molecule has 1 aromatic carbocycles. The lowest BCUT2D eigenvalue weighted by Gasteiger charge is -2.16. The van der Waals surface area contributed by atoms with Crippen LogP contribution in [0.1, 0.15) is 24.5 Å². The van der Waals surface area contributed by atoms with Crippen LogP contribution in [-0.4, -0.2) is 18.7 Å². The standard InChI is InChI=1S/C13H15NO2/c1-9(15)13(16)14(2)12-7-6-10-4-3-5-11(10)8-12/h6-8H,3-5H2,1-2H3. The number of nitrogens with zero attached hydrogens (tertiary/aromatic N) is 1. The molecule has 0 saturated heterocycles. The van der Waals surface area contributed by atoms with Gasteiger partial charge in [-0.05, 0) is 42.5 Å². The van der Waals surface area contributed by atoms with Crippen molar-refractivity contribution in [1.29, 1.82) is 0 Å². The molecular formula is C13H15NO2. The van der Waals surface area contributed by atoms with Gasteiger partial charge in [-0.2, -0.15) is 0 Å². The summed E-state index contributed by atoms with van der Waals surface area (Å²) in [7, 11) is 1.64. The first-order valence-electron chi connectivity index (χ1n) is 5.50. The van der Waals surface area contributed by atoms with E-state index in [4.69, 9.17) is 0 Å². The Balaban J connectivity index is 2.28. The van der Waals surface area contributed by atoms with Crippen LogP contribution in [0.4, 0.5) is 5.69 Å². The summed E-state index contributed by atoms with van der Waals surface area (Å²) in [5.74, 6) is -0.888. The van der Waals surface area contributed by atoms with Crippen LogP contribution in [-0.2, 0) is 22.4 Å². The van der Waals surface area contributed by atoms with Crippen molar-refractivity contribution in [2.45, 2.75) is 26.2 Å². The number of rotatable bonds is 2. The second kappa shape index (κ2) is 4.08. The topological polar surface area (TPSA) is 37.4 Å². The first kappa shape index (κ1) is 10.9. The van der Waals surface area contributed by atoms with E-state index < -0.39 is 11.7 Å². The van der Waals surface area contributed by atoms with Crippen LogP contribution >= 0.6 is 0 Å². The van der Waals surface area contributed by atoms with Gasteiger partial charge in [0.15, 0.2) is 0 Å². The maximum absolute atomic E-state index is 11.5. The van der Waals surface area contributed by atoms with Crippen LogP contribution < -0.4 is 4.90 Å². The third-order valence-electron chi connectivity index (χ3n) is 3.08. The minimum atomic E-state index is -0.460. The van der Waals surface area contributed by atoms with E-state index in [1.54, 1.807) is 7.05 Å². The Bertz CT molecular complexity index is 451. The molecule has 0 bridgehead atoms. The van der Waals surface area contributed by atoms with Gasteiger partial charge in [0, 0.05) is 19.7 Å². The Labute approximate surface area is 95.1 Å². The van der Waals surface area contributed by atoms with Crippen molar-refractivity contribution in [3.8, 4) is 0 Å². The van der Waals surface area contributed by atoms with Gasteiger partial charge in [0.2, 0.25) is 5.78 Å². The lowest BCUT2D eigenvalue weighted by molar-refractivity contribution is -0.134. The van der Waals surface area contributed by atoms with Crippen LogP contribution in [0.15, 0.2) is 18.2 Å². The van der Waals surface area contributed by atoms with Crippen LogP contribution in [0.25, 0.3) is 0 Å². The zero-order valence-electron chi connectivity index (χ0n) is 9.62. The van der Waals surface area contributed by atoms with E-state index in [0.717, 1.165) is 18.5 Å². The molecule has 0 fully saturated rings. The highest BCUT2D eigenvalue weighted by Gasteiger charge is 2.17. The van der Waals surface area contributed by atoms with Crippen molar-refractivity contribution in [2.24, 2.45) is 0 Å². The van der Waals surface area contributed by atoms with Crippen LogP contribution in [0.2, 0.25) is 0 Å². The maximum atomic E-state index is 11.5. The van der Waals surface area contributed by atoms with Gasteiger partial charge < -0.3 is 4.90 Å². The Kier molecular flexibility index (Phi) is 2.77. The number of fused-ring (bicyclic) bond motifs is 1. The van der Waals surface area contributed by atoms with E-state index in [1.807, 2.05) is 12.1 Å². The molecule has 0 unspecified atom stereocenters. The molecule has 1 amide bonds. The summed E-state index contributed by atoms with van der Waals surface area (Å²) in [5.41, 5.74) is 3.48. The smallest absolute Gasteiger partial charge is 0.293 e. The predicted molar refractivity (Wildman–Crippen MR) is 62.6 cm³/mol. The minimum Gasteiger partial charge on any atom is -0.309 e. The number of likely N-dealkylation sites (N-methyl/N-ethyl adjacent to an activating group) is 1. The Morgan fingerprint density at radius 3 is 2.56 bits per heavy atom. The first-order chi connectivity index (χ1) is 7.59. The summed E-state index contributed by atoms with van der Waals surface area (Å²) < 4.78 is 0. The van der Waals surface area contributed by atoms with Gasteiger partial charge in [-0.3, -0.25) is 9.59 Å². The van der Waals surface area contributed by atoms with Gasteiger partial charge in [-0.25, -0.2) is 0 Å². The fourth-order valence-corrected chi connectivity index (χ4v) is 2.12. The Hall–Kier alpha value is -1.64. The molecular weight excluding hydrogens is 202 g/mol. The summed E-state index contributed by atoms with van der Waals surface area (Å²) in [5, 5.41) is 0. The van der Waals surface area contributed by atoms with Gasteiger partial charge in [0.1, 0.15) is 0 Å². The largest absolute Gasteiger partial charge is 0.309 e. The van der Waals surface area contributed by atoms with Crippen molar-refractivity contribution in [1.82, 2.24) is 0 Å². The molecule has 0 spiro atoms. The predicted octanol–water partition coefficient (Wildman–Crippen LogP) is 1.73. The maximum Gasteiger partial charge on any atom is 0.293 e. The van der Waals surface area contributed by atoms with E-state index in [0.29, 0.717) is 0 Å². The highest BCUT2D eigenvalue weighted by molar-refractivity contribution is 6.40. The molecule has 0 N–H and O–H groups in total. The number of aryl methyl sites for hydroxylation is 2. The zero-order chi connectivity index (χ0) is 11.7. The lowest BCUT2D eigenvalue weighted by Crippen LogP contribution is -2.31. The van der Waals surface area contributed by atoms with Gasteiger partial charge in [-0.1, -0.05) is 6.07 Å². The molecule has 1 aliphatic rings. The number of ketones is 1. The highest BCUT2D eigenvalue weighted by Crippen LogP contribution is 2.26. The van der Waals surface area contributed by atoms with Crippen LogP contribution in [0.3, 0.4) is 0 Å². The number of hydrogen-bond acceptors (Lipinski definition) is 2. The molecule has 1 aromatic rings. The molecule has 16 heavy (non-hydrogen) atoms. The fourth-order valence-electron chi connectivity index (χ4n) is 2.12. The second-order valence-corrected chi connectivity index (χ2v) is 4.23. The molecule has 1 aliphatic carbocycles. The summed E-state index contributed by atoms with van der Waals surface area (Å²) >= 11 is 0. The molecule has 0 radical (unpaired) electrons. The normalized spacial score (nSPS) is 13.4. The first-order valence-corrected chi connectivity index (χ1v) is 5.50. The third-order valence-corrected chi connectivity index (χ3v) is 3.08. The van der Waals surface area contributed by atoms with Gasteiger partial charge >= 0.3 is 0 Å². The molecule has 3 nitrogen and oxygen atoms in total. The van der Waals surface area contributed by atoms with Crippen molar-refractivity contribution >= 4 is 17.4 Å². The second-order valence-electron chi connectivity index (χ2n) is 4.23. The molecule has 0 heterocycles. The van der Waals surface area contributed by atoms with Crippen molar-refractivity contribution in [3.63, 3.8) is 0 Å². The van der Waals surface area contributed by atoms with E-state index in [2.05, 4.69) is 6.07 Å². The monoisotopic (exact) mass is 217 g/mol. The van der Waals surface area contributed by atoms with Crippen LogP contribution in [0.5, 0.6) is 0 Å². The van der Waals surface area contributed by atoms with Gasteiger partial charge in [0.25, 0.3) is 5.91 Å². The quantitative estimate of drug-likeness (QED) is 0.707. The SMILES string of the molecule is CC(=O)C(=O)N(C)c1ccc2c(c1)CCC2. The molecule has 0 saturated carbocycles. The number of carbonyl (C=O) groups is 2. The summed E-state index contributed by atoms with van der Waals surface area (Å²) in [4.78, 5) is 23.9. The average molecular weight is 217 g/mol. The lowest BCUT2D eigenvalue weighted by atomic mass is 10.1. The number of anilines is 1. The summed E-state index contributed by atoms with van der Waals surface area (Å²) in [6.07, 6.45) is 3.38. The molecule has 0 aliphatic heterocycles. The van der Waals surface area contributed by atoms with E-state index in [-0.39, 0.29) is 0 Å². The average Bonchev–Trinajstić information content (AvgIpc) is 2.73. The zero-order valence-corrected chi connectivity index (χ0v) is 9.62.